The van der Waals surface area contributed by atoms with Crippen molar-refractivity contribution in [1.29, 1.82) is 0 Å². The van der Waals surface area contributed by atoms with Crippen LogP contribution in [0.25, 0.3) is 94.9 Å². The Morgan fingerprint density at radius 3 is 1.62 bits per heavy atom. The van der Waals surface area contributed by atoms with Gasteiger partial charge in [0.1, 0.15) is 5.82 Å². The summed E-state index contributed by atoms with van der Waals surface area (Å²) in [5, 5.41) is 3.32. The van der Waals surface area contributed by atoms with E-state index in [0.29, 0.717) is 17.5 Å². The maximum atomic E-state index is 5.34. The van der Waals surface area contributed by atoms with Gasteiger partial charge >= 0.3 is 0 Å². The van der Waals surface area contributed by atoms with Crippen LogP contribution in [0.15, 0.2) is 176 Å². The number of hydrogen-bond acceptors (Lipinski definition) is 5. The van der Waals surface area contributed by atoms with Crippen LogP contribution in [0.5, 0.6) is 0 Å². The first kappa shape index (κ1) is 32.3. The smallest absolute Gasteiger partial charge is 0.164 e. The van der Waals surface area contributed by atoms with Gasteiger partial charge in [-0.05, 0) is 46.8 Å². The minimum atomic E-state index is 0.630. The Balaban J connectivity index is 1.09. The molecule has 0 aliphatic carbocycles. The highest BCUT2D eigenvalue weighted by atomic mass is 15.1. The number of fused-ring (bicyclic) bond motifs is 5. The third-order valence-electron chi connectivity index (χ3n) is 10.2. The van der Waals surface area contributed by atoms with Crippen LogP contribution < -0.4 is 0 Å². The van der Waals surface area contributed by atoms with E-state index < -0.39 is 0 Å². The largest absolute Gasteiger partial charge is 0.296 e. The first-order chi connectivity index (χ1) is 27.2. The molecule has 0 spiro atoms. The average molecular weight is 707 g/mol. The van der Waals surface area contributed by atoms with Crippen LogP contribution in [-0.2, 0) is 6.42 Å². The molecule has 0 saturated heterocycles. The van der Waals surface area contributed by atoms with Crippen LogP contribution in [0.3, 0.4) is 0 Å². The highest BCUT2D eigenvalue weighted by Gasteiger charge is 2.20. The molecule has 0 amide bonds. The second-order valence-electron chi connectivity index (χ2n) is 13.6. The van der Waals surface area contributed by atoms with Crippen LogP contribution in [0.1, 0.15) is 12.7 Å². The molecule has 0 saturated carbocycles. The van der Waals surface area contributed by atoms with Crippen LogP contribution in [-0.4, -0.2) is 29.5 Å². The quantitative estimate of drug-likeness (QED) is 0.154. The lowest BCUT2D eigenvalue weighted by Crippen LogP contribution is -2.00. The summed E-state index contributed by atoms with van der Waals surface area (Å²) in [5.74, 6) is 2.94. The topological polar surface area (TPSA) is 69.4 Å². The van der Waals surface area contributed by atoms with Gasteiger partial charge in [-0.2, -0.15) is 0 Å². The highest BCUT2D eigenvalue weighted by molar-refractivity contribution is 6.20. The third-order valence-corrected chi connectivity index (χ3v) is 10.2. The Hall–Kier alpha value is -7.31. The van der Waals surface area contributed by atoms with E-state index in [9.17, 15) is 0 Å². The molecule has 10 aromatic rings. The summed E-state index contributed by atoms with van der Waals surface area (Å²) < 4.78 is 2.28. The fraction of sp³-hybridized carbons (Fsp3) is 0.0408. The number of nitrogens with zero attached hydrogens (tertiary/aromatic N) is 6. The minimum Gasteiger partial charge on any atom is -0.296 e. The van der Waals surface area contributed by atoms with Crippen LogP contribution in [0.2, 0.25) is 0 Å². The van der Waals surface area contributed by atoms with E-state index in [-0.39, 0.29) is 0 Å². The predicted molar refractivity (Wildman–Crippen MR) is 224 cm³/mol. The minimum absolute atomic E-state index is 0.630. The number of rotatable bonds is 7. The van der Waals surface area contributed by atoms with E-state index in [1.54, 1.807) is 0 Å². The average Bonchev–Trinajstić information content (AvgIpc) is 3.66. The normalized spacial score (nSPS) is 11.4. The fourth-order valence-corrected chi connectivity index (χ4v) is 7.54. The van der Waals surface area contributed by atoms with Crippen molar-refractivity contribution in [2.24, 2.45) is 0 Å². The van der Waals surface area contributed by atoms with E-state index in [0.717, 1.165) is 89.7 Å². The molecule has 0 atom stereocenters. The van der Waals surface area contributed by atoms with Crippen molar-refractivity contribution in [1.82, 2.24) is 29.5 Å². The molecule has 0 bridgehead atoms. The van der Waals surface area contributed by atoms with Gasteiger partial charge in [-0.15, -0.1) is 0 Å². The molecule has 0 aliphatic heterocycles. The first-order valence-electron chi connectivity index (χ1n) is 18.6. The van der Waals surface area contributed by atoms with Crippen molar-refractivity contribution >= 4 is 32.7 Å². The third kappa shape index (κ3) is 5.81. The zero-order chi connectivity index (χ0) is 36.7. The number of aryl methyl sites for hydroxylation is 1. The Morgan fingerprint density at radius 2 is 0.964 bits per heavy atom. The second kappa shape index (κ2) is 13.6. The lowest BCUT2D eigenvalue weighted by atomic mass is 9.96. The monoisotopic (exact) mass is 706 g/mol. The summed E-state index contributed by atoms with van der Waals surface area (Å²) in [6.45, 7) is 2.16. The Kier molecular flexibility index (Phi) is 7.99. The van der Waals surface area contributed by atoms with Crippen molar-refractivity contribution < 1.29 is 0 Å². The van der Waals surface area contributed by atoms with E-state index in [2.05, 4.69) is 127 Å². The van der Waals surface area contributed by atoms with Crippen molar-refractivity contribution in [2.45, 2.75) is 13.3 Å². The molecular formula is C49H34N6. The second-order valence-corrected chi connectivity index (χ2v) is 13.6. The van der Waals surface area contributed by atoms with E-state index in [1.165, 1.54) is 0 Å². The standard InChI is InChI=1S/C49H34N6/c1-2-43-51-46-42(55(43)38-21-10-5-11-22-38)30-29-40-39-23-12-13-24-41(39)50-45(44(40)46)37-20-14-19-36(31-37)32-25-27-35(28-26-32)49-53-47(33-15-6-3-7-16-33)52-48(54-49)34-17-8-4-9-18-34/h3-31H,2H2,1H3. The first-order valence-corrected chi connectivity index (χ1v) is 18.6. The summed E-state index contributed by atoms with van der Waals surface area (Å²) >= 11 is 0. The van der Waals surface area contributed by atoms with Gasteiger partial charge in [-0.1, -0.05) is 153 Å². The van der Waals surface area contributed by atoms with Crippen LogP contribution in [0.4, 0.5) is 0 Å². The highest BCUT2D eigenvalue weighted by Crippen LogP contribution is 2.39. The van der Waals surface area contributed by atoms with Gasteiger partial charge in [0.2, 0.25) is 0 Å². The molecule has 260 valence electrons. The molecule has 0 N–H and O–H groups in total. The zero-order valence-corrected chi connectivity index (χ0v) is 30.1. The summed E-state index contributed by atoms with van der Waals surface area (Å²) in [4.78, 5) is 25.4. The number of benzene rings is 7. The van der Waals surface area contributed by atoms with Crippen molar-refractivity contribution in [2.75, 3.05) is 0 Å². The Bertz CT molecular complexity index is 2940. The van der Waals surface area contributed by atoms with E-state index in [4.69, 9.17) is 24.9 Å². The molecule has 0 unspecified atom stereocenters. The summed E-state index contributed by atoms with van der Waals surface area (Å²) in [5.41, 5.74) is 11.0. The zero-order valence-electron chi connectivity index (χ0n) is 30.1. The number of hydrogen-bond donors (Lipinski definition) is 0. The molecule has 7 aromatic carbocycles. The molecule has 0 aliphatic rings. The molecule has 10 rings (SSSR count). The summed E-state index contributed by atoms with van der Waals surface area (Å²) in [7, 11) is 0. The summed E-state index contributed by atoms with van der Waals surface area (Å²) in [6.07, 6.45) is 0.804. The maximum Gasteiger partial charge on any atom is 0.164 e. The maximum absolute atomic E-state index is 5.34. The number of pyridine rings is 1. The van der Waals surface area contributed by atoms with E-state index in [1.807, 2.05) is 60.7 Å². The number of aromatic nitrogens is 6. The fourth-order valence-electron chi connectivity index (χ4n) is 7.54. The van der Waals surface area contributed by atoms with Crippen LogP contribution >= 0.6 is 0 Å². The van der Waals surface area contributed by atoms with Gasteiger partial charge in [0.05, 0.1) is 22.2 Å². The SMILES string of the molecule is CCc1nc2c3c(-c4cccc(-c5ccc(-c6nc(-c7ccccc7)nc(-c7ccccc7)n6)cc5)c4)nc4ccccc4c3ccc2n1-c1ccccc1. The van der Waals surface area contributed by atoms with Crippen LogP contribution in [0, 0.1) is 0 Å². The van der Waals surface area contributed by atoms with Crippen molar-refractivity contribution in [3.8, 4) is 62.2 Å². The van der Waals surface area contributed by atoms with Crippen molar-refractivity contribution in [3.05, 3.63) is 182 Å². The van der Waals surface area contributed by atoms with Gasteiger partial charge in [0.15, 0.2) is 17.5 Å². The lowest BCUT2D eigenvalue weighted by Gasteiger charge is -2.13. The Morgan fingerprint density at radius 1 is 0.418 bits per heavy atom. The van der Waals surface area contributed by atoms with E-state index >= 15 is 0 Å². The van der Waals surface area contributed by atoms with Gasteiger partial charge in [-0.3, -0.25) is 4.57 Å². The molecule has 6 heteroatoms. The number of para-hydroxylation sites is 2. The van der Waals surface area contributed by atoms with Gasteiger partial charge in [-0.25, -0.2) is 24.9 Å². The molecule has 55 heavy (non-hydrogen) atoms. The van der Waals surface area contributed by atoms with Gasteiger partial charge < -0.3 is 0 Å². The molecular weight excluding hydrogens is 673 g/mol. The molecule has 0 fully saturated rings. The lowest BCUT2D eigenvalue weighted by molar-refractivity contribution is 0.908. The van der Waals surface area contributed by atoms with Gasteiger partial charge in [0.25, 0.3) is 0 Å². The molecule has 0 radical (unpaired) electrons. The summed E-state index contributed by atoms with van der Waals surface area (Å²) in [6, 6.07) is 60.6. The van der Waals surface area contributed by atoms with Gasteiger partial charge in [0, 0.05) is 45.1 Å². The number of imidazole rings is 1. The molecule has 6 nitrogen and oxygen atoms in total. The molecule has 3 aromatic heterocycles. The Labute approximate surface area is 318 Å². The molecule has 3 heterocycles. The van der Waals surface area contributed by atoms with Crippen molar-refractivity contribution in [3.63, 3.8) is 0 Å². The predicted octanol–water partition coefficient (Wildman–Crippen LogP) is 11.8.